The number of phenolic OH excluding ortho intramolecular Hbond substituents is 1. The average Bonchev–Trinajstić information content (AvgIpc) is 2.73. The minimum atomic E-state index is 0.159. The minimum absolute atomic E-state index is 0.159. The molecule has 0 saturated carbocycles. The quantitative estimate of drug-likeness (QED) is 0.505. The Hall–Kier alpha value is -2.78. The molecule has 0 unspecified atom stereocenters. The van der Waals surface area contributed by atoms with Crippen molar-refractivity contribution < 1.29 is 9.84 Å². The van der Waals surface area contributed by atoms with Gasteiger partial charge in [-0.2, -0.15) is 0 Å². The molecule has 0 saturated heterocycles. The Morgan fingerprint density at radius 1 is 0.800 bits per heavy atom. The molecular weight excluding hydrogens is 370 g/mol. The van der Waals surface area contributed by atoms with Crippen LogP contribution in [0.15, 0.2) is 72.8 Å². The molecule has 0 fully saturated rings. The van der Waals surface area contributed by atoms with Crippen LogP contribution in [0, 0.1) is 0 Å². The second kappa shape index (κ2) is 9.82. The van der Waals surface area contributed by atoms with E-state index in [9.17, 15) is 5.11 Å². The molecule has 0 heterocycles. The van der Waals surface area contributed by atoms with Gasteiger partial charge in [0, 0.05) is 19.6 Å². The molecule has 0 amide bonds. The monoisotopic (exact) mass is 403 g/mol. The summed E-state index contributed by atoms with van der Waals surface area (Å²) in [4.78, 5) is 2.43. The van der Waals surface area contributed by atoms with E-state index < -0.39 is 0 Å². The summed E-state index contributed by atoms with van der Waals surface area (Å²) in [5.41, 5.74) is 5.22. The predicted octanol–water partition coefficient (Wildman–Crippen LogP) is 5.94. The molecular formula is C27H33NO2. The molecule has 0 radical (unpaired) electrons. The minimum Gasteiger partial charge on any atom is -0.504 e. The standard InChI is InChI=1S/C27H33NO2/c1-27(2,3)24-13-10-22(11-14-24)19-28(17-16-21-8-6-5-7-9-21)20-23-12-15-26(30-4)25(29)18-23/h5-15,18,29H,16-17,19-20H2,1-4H3. The van der Waals surface area contributed by atoms with Crippen LogP contribution >= 0.6 is 0 Å². The van der Waals surface area contributed by atoms with Crippen LogP contribution in [0.25, 0.3) is 0 Å². The summed E-state index contributed by atoms with van der Waals surface area (Å²) >= 11 is 0. The highest BCUT2D eigenvalue weighted by Crippen LogP contribution is 2.27. The lowest BCUT2D eigenvalue weighted by atomic mass is 9.87. The third-order valence-corrected chi connectivity index (χ3v) is 5.44. The third kappa shape index (κ3) is 6.11. The molecule has 0 aliphatic heterocycles. The van der Waals surface area contributed by atoms with Crippen molar-refractivity contribution in [2.24, 2.45) is 0 Å². The van der Waals surface area contributed by atoms with Crippen LogP contribution in [0.4, 0.5) is 0 Å². The molecule has 0 atom stereocenters. The zero-order chi connectivity index (χ0) is 21.6. The van der Waals surface area contributed by atoms with Gasteiger partial charge < -0.3 is 9.84 Å². The Balaban J connectivity index is 1.75. The maximum atomic E-state index is 10.2. The highest BCUT2D eigenvalue weighted by atomic mass is 16.5. The van der Waals surface area contributed by atoms with E-state index in [2.05, 4.69) is 80.3 Å². The number of methoxy groups -OCH3 is 1. The first-order chi connectivity index (χ1) is 14.3. The topological polar surface area (TPSA) is 32.7 Å². The molecule has 0 aliphatic carbocycles. The predicted molar refractivity (Wildman–Crippen MR) is 124 cm³/mol. The van der Waals surface area contributed by atoms with Crippen LogP contribution in [0.1, 0.15) is 43.0 Å². The van der Waals surface area contributed by atoms with E-state index in [0.29, 0.717) is 5.75 Å². The second-order valence-corrected chi connectivity index (χ2v) is 8.90. The normalized spacial score (nSPS) is 11.6. The van der Waals surface area contributed by atoms with Crippen molar-refractivity contribution in [1.82, 2.24) is 4.90 Å². The van der Waals surface area contributed by atoms with Gasteiger partial charge in [-0.15, -0.1) is 0 Å². The van der Waals surface area contributed by atoms with Crippen molar-refractivity contribution in [3.05, 3.63) is 95.1 Å². The lowest BCUT2D eigenvalue weighted by molar-refractivity contribution is 0.259. The molecule has 0 aliphatic rings. The average molecular weight is 404 g/mol. The van der Waals surface area contributed by atoms with Crippen molar-refractivity contribution in [2.45, 2.75) is 45.7 Å². The van der Waals surface area contributed by atoms with Gasteiger partial charge in [0.15, 0.2) is 11.5 Å². The van der Waals surface area contributed by atoms with Crippen LogP contribution in [-0.4, -0.2) is 23.7 Å². The van der Waals surface area contributed by atoms with Gasteiger partial charge in [-0.3, -0.25) is 4.90 Å². The van der Waals surface area contributed by atoms with E-state index in [0.717, 1.165) is 31.6 Å². The van der Waals surface area contributed by atoms with Crippen molar-refractivity contribution in [3.63, 3.8) is 0 Å². The Bertz CT molecular complexity index is 927. The zero-order valence-corrected chi connectivity index (χ0v) is 18.6. The summed E-state index contributed by atoms with van der Waals surface area (Å²) in [5.74, 6) is 0.694. The van der Waals surface area contributed by atoms with Gasteiger partial charge in [-0.05, 0) is 46.2 Å². The molecule has 3 heteroatoms. The molecule has 0 aromatic heterocycles. The van der Waals surface area contributed by atoms with E-state index in [1.807, 2.05) is 12.1 Å². The smallest absolute Gasteiger partial charge is 0.160 e. The lowest BCUT2D eigenvalue weighted by Gasteiger charge is -2.24. The van der Waals surface area contributed by atoms with E-state index in [1.165, 1.54) is 16.7 Å². The van der Waals surface area contributed by atoms with Crippen LogP contribution in [0.2, 0.25) is 0 Å². The number of aromatic hydroxyl groups is 1. The van der Waals surface area contributed by atoms with Gasteiger partial charge >= 0.3 is 0 Å². The molecule has 1 N–H and O–H groups in total. The fourth-order valence-electron chi connectivity index (χ4n) is 3.61. The summed E-state index contributed by atoms with van der Waals surface area (Å²) in [6, 6.07) is 25.2. The van der Waals surface area contributed by atoms with Crippen LogP contribution in [0.3, 0.4) is 0 Å². The van der Waals surface area contributed by atoms with E-state index >= 15 is 0 Å². The maximum absolute atomic E-state index is 10.2. The highest BCUT2D eigenvalue weighted by molar-refractivity contribution is 5.41. The molecule has 3 rings (SSSR count). The number of benzene rings is 3. The number of ether oxygens (including phenoxy) is 1. The maximum Gasteiger partial charge on any atom is 0.160 e. The molecule has 3 aromatic carbocycles. The molecule has 0 spiro atoms. The van der Waals surface area contributed by atoms with Crippen molar-refractivity contribution in [1.29, 1.82) is 0 Å². The zero-order valence-electron chi connectivity index (χ0n) is 18.6. The van der Waals surface area contributed by atoms with E-state index in [1.54, 1.807) is 13.2 Å². The number of rotatable bonds is 8. The summed E-state index contributed by atoms with van der Waals surface area (Å²) < 4.78 is 5.18. The van der Waals surface area contributed by atoms with Gasteiger partial charge in [0.25, 0.3) is 0 Å². The largest absolute Gasteiger partial charge is 0.504 e. The first kappa shape index (κ1) is 21.9. The number of hydrogen-bond donors (Lipinski definition) is 1. The van der Waals surface area contributed by atoms with Crippen molar-refractivity contribution in [2.75, 3.05) is 13.7 Å². The Kier molecular flexibility index (Phi) is 7.17. The van der Waals surface area contributed by atoms with Crippen LogP contribution in [0.5, 0.6) is 11.5 Å². The number of phenols is 1. The van der Waals surface area contributed by atoms with Gasteiger partial charge in [-0.1, -0.05) is 81.4 Å². The molecule has 3 aromatic rings. The summed E-state index contributed by atoms with van der Waals surface area (Å²) in [7, 11) is 1.57. The first-order valence-electron chi connectivity index (χ1n) is 10.6. The van der Waals surface area contributed by atoms with Crippen LogP contribution < -0.4 is 4.74 Å². The third-order valence-electron chi connectivity index (χ3n) is 5.44. The fourth-order valence-corrected chi connectivity index (χ4v) is 3.61. The summed E-state index contributed by atoms with van der Waals surface area (Å²) in [6.45, 7) is 9.30. The van der Waals surface area contributed by atoms with Crippen molar-refractivity contribution in [3.8, 4) is 11.5 Å². The summed E-state index contributed by atoms with van der Waals surface area (Å²) in [5, 5.41) is 10.2. The Labute approximate surface area is 180 Å². The second-order valence-electron chi connectivity index (χ2n) is 8.90. The highest BCUT2D eigenvalue weighted by Gasteiger charge is 2.14. The van der Waals surface area contributed by atoms with Gasteiger partial charge in [0.05, 0.1) is 7.11 Å². The van der Waals surface area contributed by atoms with Gasteiger partial charge in [0.2, 0.25) is 0 Å². The Morgan fingerprint density at radius 3 is 2.03 bits per heavy atom. The first-order valence-corrected chi connectivity index (χ1v) is 10.6. The number of nitrogens with zero attached hydrogens (tertiary/aromatic N) is 1. The van der Waals surface area contributed by atoms with Crippen molar-refractivity contribution >= 4 is 0 Å². The fraction of sp³-hybridized carbons (Fsp3) is 0.333. The Morgan fingerprint density at radius 2 is 1.43 bits per heavy atom. The molecule has 158 valence electrons. The lowest BCUT2D eigenvalue weighted by Crippen LogP contribution is -2.25. The van der Waals surface area contributed by atoms with E-state index in [4.69, 9.17) is 4.74 Å². The SMILES string of the molecule is COc1ccc(CN(CCc2ccccc2)Cc2ccc(C(C)(C)C)cc2)cc1O. The van der Waals surface area contributed by atoms with E-state index in [-0.39, 0.29) is 11.2 Å². The van der Waals surface area contributed by atoms with Gasteiger partial charge in [0.1, 0.15) is 0 Å². The van der Waals surface area contributed by atoms with Gasteiger partial charge in [-0.25, -0.2) is 0 Å². The molecule has 0 bridgehead atoms. The molecule has 3 nitrogen and oxygen atoms in total. The summed E-state index contributed by atoms with van der Waals surface area (Å²) in [6.07, 6.45) is 0.989. The molecule has 30 heavy (non-hydrogen) atoms. The number of hydrogen-bond acceptors (Lipinski definition) is 3. The van der Waals surface area contributed by atoms with Crippen LogP contribution in [-0.2, 0) is 24.9 Å².